The van der Waals surface area contributed by atoms with Crippen LogP contribution in [0.25, 0.3) is 0 Å². The van der Waals surface area contributed by atoms with Gasteiger partial charge < -0.3 is 0 Å². The minimum Gasteiger partial charge on any atom is -0.261 e. The quantitative estimate of drug-likeness (QED) is 0.765. The third-order valence-electron chi connectivity index (χ3n) is 5.97. The molecule has 1 saturated carbocycles. The summed E-state index contributed by atoms with van der Waals surface area (Å²) in [5.41, 5.74) is 4.00. The molecule has 0 spiro atoms. The Labute approximate surface area is 138 Å². The van der Waals surface area contributed by atoms with E-state index in [9.17, 15) is 0 Å². The highest BCUT2D eigenvalue weighted by Crippen LogP contribution is 2.53. The summed E-state index contributed by atoms with van der Waals surface area (Å²) in [5.74, 6) is 1.18. The molecular weight excluding hydrogens is 280 g/mol. The Hall–Kier alpha value is -2.09. The van der Waals surface area contributed by atoms with Gasteiger partial charge in [-0.3, -0.25) is 5.01 Å². The molecule has 0 saturated heterocycles. The van der Waals surface area contributed by atoms with Gasteiger partial charge in [-0.25, -0.2) is 0 Å². The fourth-order valence-electron chi connectivity index (χ4n) is 4.31. The number of benzene rings is 2. The molecule has 1 aliphatic heterocycles. The van der Waals surface area contributed by atoms with Crippen LogP contribution in [0.3, 0.4) is 0 Å². The summed E-state index contributed by atoms with van der Waals surface area (Å²) in [7, 11) is 0. The fraction of sp³-hybridized carbons (Fsp3) is 0.381. The fourth-order valence-corrected chi connectivity index (χ4v) is 4.31. The molecule has 23 heavy (non-hydrogen) atoms. The standard InChI is InChI=1S/C21H24N2/c1-15-14-18-19(21(15,2)3)20(16-10-6-4-7-11-16)22-23(18)17-12-8-5-9-13-17/h4-13,15,18-19H,14H2,1-3H3/t15?,18?,19-/m0/s1. The van der Waals surface area contributed by atoms with Gasteiger partial charge in [0.1, 0.15) is 0 Å². The molecule has 4 rings (SSSR count). The molecule has 0 radical (unpaired) electrons. The van der Waals surface area contributed by atoms with Crippen molar-refractivity contribution in [3.8, 4) is 0 Å². The lowest BCUT2D eigenvalue weighted by Gasteiger charge is -2.31. The van der Waals surface area contributed by atoms with Crippen molar-refractivity contribution in [1.29, 1.82) is 0 Å². The van der Waals surface area contributed by atoms with Gasteiger partial charge in [0.2, 0.25) is 0 Å². The predicted octanol–water partition coefficient (Wildman–Crippen LogP) is 4.96. The molecule has 1 heterocycles. The molecule has 3 atom stereocenters. The van der Waals surface area contributed by atoms with Crippen LogP contribution in [0.15, 0.2) is 65.8 Å². The van der Waals surface area contributed by atoms with E-state index in [1.54, 1.807) is 0 Å². The summed E-state index contributed by atoms with van der Waals surface area (Å²) in [4.78, 5) is 0. The first-order chi connectivity index (χ1) is 11.1. The molecule has 2 heteroatoms. The monoisotopic (exact) mass is 304 g/mol. The topological polar surface area (TPSA) is 15.6 Å². The van der Waals surface area contributed by atoms with Crippen molar-refractivity contribution in [2.75, 3.05) is 5.01 Å². The van der Waals surface area contributed by atoms with Gasteiger partial charge in [-0.05, 0) is 35.4 Å². The largest absolute Gasteiger partial charge is 0.261 e. The van der Waals surface area contributed by atoms with Crippen LogP contribution < -0.4 is 5.01 Å². The van der Waals surface area contributed by atoms with E-state index in [0.717, 1.165) is 0 Å². The van der Waals surface area contributed by atoms with Gasteiger partial charge in [0.25, 0.3) is 0 Å². The number of para-hydroxylation sites is 1. The maximum Gasteiger partial charge on any atom is 0.0739 e. The number of hydrazone groups is 1. The third-order valence-corrected chi connectivity index (χ3v) is 5.97. The molecule has 2 unspecified atom stereocenters. The van der Waals surface area contributed by atoms with Crippen LogP contribution >= 0.6 is 0 Å². The molecule has 2 nitrogen and oxygen atoms in total. The van der Waals surface area contributed by atoms with Crippen LogP contribution in [0, 0.1) is 17.3 Å². The van der Waals surface area contributed by atoms with Crippen molar-refractivity contribution in [2.45, 2.75) is 33.2 Å². The van der Waals surface area contributed by atoms with Gasteiger partial charge in [-0.15, -0.1) is 0 Å². The van der Waals surface area contributed by atoms with Gasteiger partial charge in [0, 0.05) is 5.92 Å². The predicted molar refractivity (Wildman–Crippen MR) is 96.7 cm³/mol. The second kappa shape index (κ2) is 5.23. The Kier molecular flexibility index (Phi) is 3.29. The molecule has 118 valence electrons. The first-order valence-corrected chi connectivity index (χ1v) is 8.57. The van der Waals surface area contributed by atoms with Crippen molar-refractivity contribution in [1.82, 2.24) is 0 Å². The lowest BCUT2D eigenvalue weighted by Crippen LogP contribution is -2.35. The average molecular weight is 304 g/mol. The highest BCUT2D eigenvalue weighted by atomic mass is 15.5. The smallest absolute Gasteiger partial charge is 0.0739 e. The van der Waals surface area contributed by atoms with Crippen LogP contribution in [0.1, 0.15) is 32.8 Å². The molecule has 0 N–H and O–H groups in total. The maximum absolute atomic E-state index is 5.09. The van der Waals surface area contributed by atoms with Crippen LogP contribution in [0.2, 0.25) is 0 Å². The van der Waals surface area contributed by atoms with E-state index < -0.39 is 0 Å². The molecule has 2 aliphatic rings. The van der Waals surface area contributed by atoms with Gasteiger partial charge >= 0.3 is 0 Å². The molecule has 0 amide bonds. The highest BCUT2D eigenvalue weighted by molar-refractivity contribution is 6.05. The van der Waals surface area contributed by atoms with Crippen LogP contribution in [0.5, 0.6) is 0 Å². The number of hydrogen-bond donors (Lipinski definition) is 0. The first kappa shape index (κ1) is 14.5. The number of nitrogens with zero attached hydrogens (tertiary/aromatic N) is 2. The Morgan fingerprint density at radius 2 is 1.57 bits per heavy atom. The van der Waals surface area contributed by atoms with E-state index >= 15 is 0 Å². The van der Waals surface area contributed by atoms with Gasteiger partial charge in [0.15, 0.2) is 0 Å². The normalized spacial score (nSPS) is 28.6. The van der Waals surface area contributed by atoms with Crippen molar-refractivity contribution in [3.63, 3.8) is 0 Å². The SMILES string of the molecule is CC1CC2[C@@H](C(c3ccccc3)=NN2c2ccccc2)C1(C)C. The zero-order chi connectivity index (χ0) is 16.0. The second-order valence-corrected chi connectivity index (χ2v) is 7.53. The van der Waals surface area contributed by atoms with Crippen LogP contribution in [-0.4, -0.2) is 11.8 Å². The molecular formula is C21H24N2. The Morgan fingerprint density at radius 3 is 2.22 bits per heavy atom. The van der Waals surface area contributed by atoms with E-state index in [0.29, 0.717) is 17.9 Å². The Bertz CT molecular complexity index is 718. The average Bonchev–Trinajstić information content (AvgIpc) is 3.06. The van der Waals surface area contributed by atoms with Gasteiger partial charge in [-0.1, -0.05) is 69.3 Å². The lowest BCUT2D eigenvalue weighted by molar-refractivity contribution is 0.244. The Balaban J connectivity index is 1.83. The van der Waals surface area contributed by atoms with Crippen molar-refractivity contribution >= 4 is 11.4 Å². The zero-order valence-electron chi connectivity index (χ0n) is 14.1. The summed E-state index contributed by atoms with van der Waals surface area (Å²) in [6.45, 7) is 7.22. The minimum atomic E-state index is 0.267. The summed E-state index contributed by atoms with van der Waals surface area (Å²) in [5, 5.41) is 7.37. The zero-order valence-corrected chi connectivity index (χ0v) is 14.1. The second-order valence-electron chi connectivity index (χ2n) is 7.53. The van der Waals surface area contributed by atoms with Gasteiger partial charge in [0.05, 0.1) is 17.4 Å². The molecule has 2 aromatic carbocycles. The number of rotatable bonds is 2. The summed E-state index contributed by atoms with van der Waals surface area (Å²) < 4.78 is 0. The molecule has 0 aromatic heterocycles. The molecule has 1 aliphatic carbocycles. The summed E-state index contributed by atoms with van der Waals surface area (Å²) in [6, 6.07) is 21.8. The van der Waals surface area contributed by atoms with E-state index in [2.05, 4.69) is 86.4 Å². The Morgan fingerprint density at radius 1 is 0.957 bits per heavy atom. The maximum atomic E-state index is 5.09. The molecule has 1 fully saturated rings. The van der Waals surface area contributed by atoms with Crippen molar-refractivity contribution < 1.29 is 0 Å². The first-order valence-electron chi connectivity index (χ1n) is 8.57. The summed E-state index contributed by atoms with van der Waals surface area (Å²) in [6.07, 6.45) is 1.20. The summed E-state index contributed by atoms with van der Waals surface area (Å²) >= 11 is 0. The number of anilines is 1. The minimum absolute atomic E-state index is 0.267. The van der Waals surface area contributed by atoms with Crippen LogP contribution in [0.4, 0.5) is 5.69 Å². The molecule has 2 aromatic rings. The van der Waals surface area contributed by atoms with E-state index in [4.69, 9.17) is 5.10 Å². The lowest BCUT2D eigenvalue weighted by atomic mass is 9.72. The van der Waals surface area contributed by atoms with Gasteiger partial charge in [-0.2, -0.15) is 5.10 Å². The van der Waals surface area contributed by atoms with Crippen LogP contribution in [-0.2, 0) is 0 Å². The molecule has 0 bridgehead atoms. The van der Waals surface area contributed by atoms with Crippen molar-refractivity contribution in [3.05, 3.63) is 66.2 Å². The van der Waals surface area contributed by atoms with E-state index in [1.165, 1.54) is 23.4 Å². The number of hydrogen-bond acceptors (Lipinski definition) is 2. The van der Waals surface area contributed by atoms with E-state index in [-0.39, 0.29) is 5.41 Å². The number of fused-ring (bicyclic) bond motifs is 1. The van der Waals surface area contributed by atoms with E-state index in [1.807, 2.05) is 0 Å². The van der Waals surface area contributed by atoms with Crippen molar-refractivity contribution in [2.24, 2.45) is 22.4 Å². The third kappa shape index (κ3) is 2.20. The highest BCUT2D eigenvalue weighted by Gasteiger charge is 2.54.